The lowest BCUT2D eigenvalue weighted by atomic mass is 10.1. The van der Waals surface area contributed by atoms with E-state index in [9.17, 15) is 9.59 Å². The molecule has 27 heavy (non-hydrogen) atoms. The normalized spacial score (nSPS) is 17.7. The number of aryl methyl sites for hydroxylation is 1. The molecular formula is C22H27N3O2. The molecule has 142 valence electrons. The molecule has 1 aliphatic heterocycles. The van der Waals surface area contributed by atoms with E-state index in [0.29, 0.717) is 19.5 Å². The van der Waals surface area contributed by atoms with Gasteiger partial charge in [-0.25, -0.2) is 4.79 Å². The third-order valence-corrected chi connectivity index (χ3v) is 5.11. The highest BCUT2D eigenvalue weighted by Crippen LogP contribution is 2.26. The summed E-state index contributed by atoms with van der Waals surface area (Å²) in [5, 5.41) is 3.04. The van der Waals surface area contributed by atoms with E-state index >= 15 is 0 Å². The minimum absolute atomic E-state index is 0.000321. The Hall–Kier alpha value is -2.82. The van der Waals surface area contributed by atoms with Gasteiger partial charge in [0.05, 0.1) is 12.1 Å². The lowest BCUT2D eigenvalue weighted by Gasteiger charge is -2.26. The monoisotopic (exact) mass is 365 g/mol. The number of rotatable bonds is 5. The quantitative estimate of drug-likeness (QED) is 0.874. The Balaban J connectivity index is 1.66. The van der Waals surface area contributed by atoms with Crippen LogP contribution in [-0.4, -0.2) is 36.0 Å². The van der Waals surface area contributed by atoms with Crippen LogP contribution in [0.25, 0.3) is 0 Å². The van der Waals surface area contributed by atoms with Gasteiger partial charge >= 0.3 is 6.03 Å². The van der Waals surface area contributed by atoms with Crippen molar-refractivity contribution in [2.24, 2.45) is 0 Å². The summed E-state index contributed by atoms with van der Waals surface area (Å²) in [5.41, 5.74) is 3.08. The molecule has 2 aromatic rings. The Morgan fingerprint density at radius 2 is 1.96 bits per heavy atom. The van der Waals surface area contributed by atoms with Gasteiger partial charge in [-0.3, -0.25) is 9.69 Å². The van der Waals surface area contributed by atoms with Gasteiger partial charge in [0.1, 0.15) is 0 Å². The van der Waals surface area contributed by atoms with Gasteiger partial charge in [0.2, 0.25) is 5.91 Å². The molecule has 2 atom stereocenters. The van der Waals surface area contributed by atoms with Crippen molar-refractivity contribution in [3.8, 4) is 0 Å². The van der Waals surface area contributed by atoms with Crippen molar-refractivity contribution < 1.29 is 9.59 Å². The molecule has 5 heteroatoms. The van der Waals surface area contributed by atoms with Crippen LogP contribution < -0.4 is 10.2 Å². The van der Waals surface area contributed by atoms with Gasteiger partial charge in [-0.2, -0.15) is 0 Å². The fraction of sp³-hybridized carbons (Fsp3) is 0.364. The number of carbonyl (C=O) groups excluding carboxylic acids is 2. The van der Waals surface area contributed by atoms with Crippen molar-refractivity contribution in [2.45, 2.75) is 39.3 Å². The number of anilines is 1. The molecule has 0 aromatic heterocycles. The van der Waals surface area contributed by atoms with Gasteiger partial charge in [-0.15, -0.1) is 0 Å². The number of benzene rings is 2. The highest BCUT2D eigenvalue weighted by atomic mass is 16.2. The topological polar surface area (TPSA) is 52.7 Å². The zero-order valence-corrected chi connectivity index (χ0v) is 16.2. The molecule has 1 N–H and O–H groups in total. The molecule has 1 fully saturated rings. The molecule has 3 rings (SSSR count). The van der Waals surface area contributed by atoms with Gasteiger partial charge in [0.15, 0.2) is 0 Å². The fourth-order valence-corrected chi connectivity index (χ4v) is 3.61. The van der Waals surface area contributed by atoms with Crippen molar-refractivity contribution >= 4 is 17.6 Å². The lowest BCUT2D eigenvalue weighted by Crippen LogP contribution is -2.46. The largest absolute Gasteiger partial charge is 0.334 e. The summed E-state index contributed by atoms with van der Waals surface area (Å²) in [6.07, 6.45) is 0.342. The van der Waals surface area contributed by atoms with Crippen molar-refractivity contribution in [1.29, 1.82) is 0 Å². The zero-order chi connectivity index (χ0) is 19.4. The number of hydrogen-bond acceptors (Lipinski definition) is 2. The van der Waals surface area contributed by atoms with Gasteiger partial charge < -0.3 is 10.2 Å². The first-order chi connectivity index (χ1) is 13.0. The number of urea groups is 1. The molecule has 0 spiro atoms. The molecule has 3 amide bonds. The zero-order valence-electron chi connectivity index (χ0n) is 16.2. The average molecular weight is 365 g/mol. The number of nitrogens with one attached hydrogen (secondary N) is 1. The van der Waals surface area contributed by atoms with E-state index in [1.54, 1.807) is 4.90 Å². The number of hydrogen-bond donors (Lipinski definition) is 1. The van der Waals surface area contributed by atoms with Crippen LogP contribution in [-0.2, 0) is 4.79 Å². The molecule has 0 saturated carbocycles. The average Bonchev–Trinajstić information content (AvgIpc) is 3.02. The van der Waals surface area contributed by atoms with E-state index < -0.39 is 0 Å². The van der Waals surface area contributed by atoms with Crippen LogP contribution in [0, 0.1) is 6.92 Å². The summed E-state index contributed by atoms with van der Waals surface area (Å²) in [5.74, 6) is 0.0789. The van der Waals surface area contributed by atoms with Gasteiger partial charge in [-0.05, 0) is 44.0 Å². The highest BCUT2D eigenvalue weighted by molar-refractivity contribution is 5.93. The summed E-state index contributed by atoms with van der Waals surface area (Å²) >= 11 is 0. The first-order valence-corrected chi connectivity index (χ1v) is 9.48. The van der Waals surface area contributed by atoms with Gasteiger partial charge in [-0.1, -0.05) is 42.5 Å². The predicted molar refractivity (Wildman–Crippen MR) is 108 cm³/mol. The van der Waals surface area contributed by atoms with Crippen LogP contribution in [0.5, 0.6) is 0 Å². The highest BCUT2D eigenvalue weighted by Gasteiger charge is 2.34. The maximum Gasteiger partial charge on any atom is 0.322 e. The lowest BCUT2D eigenvalue weighted by molar-refractivity contribution is -0.129. The van der Waals surface area contributed by atoms with Crippen LogP contribution in [0.1, 0.15) is 37.4 Å². The summed E-state index contributed by atoms with van der Waals surface area (Å²) in [4.78, 5) is 28.8. The van der Waals surface area contributed by atoms with E-state index in [4.69, 9.17) is 0 Å². The van der Waals surface area contributed by atoms with E-state index in [-0.39, 0.29) is 24.0 Å². The number of amides is 3. The molecule has 5 nitrogen and oxygen atoms in total. The SMILES string of the molecule is CCN(C(=O)NC1CC(=O)N(C(C)c2ccccc2)C1)c1cccc(C)c1. The first kappa shape index (κ1) is 19.0. The van der Waals surface area contributed by atoms with Gasteiger partial charge in [0.25, 0.3) is 0 Å². The van der Waals surface area contributed by atoms with Crippen LogP contribution >= 0.6 is 0 Å². The van der Waals surface area contributed by atoms with Crippen molar-refractivity contribution in [3.05, 3.63) is 65.7 Å². The Morgan fingerprint density at radius 1 is 1.22 bits per heavy atom. The van der Waals surface area contributed by atoms with Gasteiger partial charge in [0, 0.05) is 25.2 Å². The van der Waals surface area contributed by atoms with E-state index in [2.05, 4.69) is 5.32 Å². The summed E-state index contributed by atoms with van der Waals surface area (Å²) < 4.78 is 0. The minimum Gasteiger partial charge on any atom is -0.334 e. The van der Waals surface area contributed by atoms with E-state index in [0.717, 1.165) is 16.8 Å². The third kappa shape index (κ3) is 4.30. The Bertz CT molecular complexity index is 806. The molecule has 0 radical (unpaired) electrons. The third-order valence-electron chi connectivity index (χ3n) is 5.11. The van der Waals surface area contributed by atoms with Crippen molar-refractivity contribution in [3.63, 3.8) is 0 Å². The molecule has 1 heterocycles. The predicted octanol–water partition coefficient (Wildman–Crippen LogP) is 3.89. The summed E-state index contributed by atoms with van der Waals surface area (Å²) in [6, 6.07) is 17.5. The van der Waals surface area contributed by atoms with Crippen molar-refractivity contribution in [2.75, 3.05) is 18.0 Å². The molecule has 0 aliphatic carbocycles. The number of carbonyl (C=O) groups is 2. The smallest absolute Gasteiger partial charge is 0.322 e. The fourth-order valence-electron chi connectivity index (χ4n) is 3.61. The van der Waals surface area contributed by atoms with E-state index in [1.165, 1.54) is 0 Å². The van der Waals surface area contributed by atoms with E-state index in [1.807, 2.05) is 80.3 Å². The Labute approximate surface area is 161 Å². The Kier molecular flexibility index (Phi) is 5.79. The summed E-state index contributed by atoms with van der Waals surface area (Å²) in [6.45, 7) is 7.09. The summed E-state index contributed by atoms with van der Waals surface area (Å²) in [7, 11) is 0. The second kappa shape index (κ2) is 8.25. The molecule has 1 saturated heterocycles. The minimum atomic E-state index is -0.171. The standard InChI is InChI=1S/C22H27N3O2/c1-4-24(20-12-8-9-16(2)13-20)22(27)23-19-14-21(26)25(15-19)17(3)18-10-6-5-7-11-18/h5-13,17,19H,4,14-15H2,1-3H3,(H,23,27). The van der Waals surface area contributed by atoms with Crippen LogP contribution in [0.4, 0.5) is 10.5 Å². The molecule has 0 bridgehead atoms. The second-order valence-corrected chi connectivity index (χ2v) is 7.07. The van der Waals surface area contributed by atoms with Crippen LogP contribution in [0.2, 0.25) is 0 Å². The van der Waals surface area contributed by atoms with Crippen LogP contribution in [0.3, 0.4) is 0 Å². The molecule has 2 aromatic carbocycles. The van der Waals surface area contributed by atoms with Crippen LogP contribution in [0.15, 0.2) is 54.6 Å². The molecule has 2 unspecified atom stereocenters. The maximum atomic E-state index is 12.8. The number of nitrogens with zero attached hydrogens (tertiary/aromatic N) is 2. The Morgan fingerprint density at radius 3 is 2.63 bits per heavy atom. The molecular weight excluding hydrogens is 338 g/mol. The second-order valence-electron chi connectivity index (χ2n) is 7.07. The first-order valence-electron chi connectivity index (χ1n) is 9.48. The van der Waals surface area contributed by atoms with Crippen molar-refractivity contribution in [1.82, 2.24) is 10.2 Å². The molecule has 1 aliphatic rings. The maximum absolute atomic E-state index is 12.8. The number of likely N-dealkylation sites (tertiary alicyclic amines) is 1.